The first-order chi connectivity index (χ1) is 14.3. The number of rotatable bonds is 10. The summed E-state index contributed by atoms with van der Waals surface area (Å²) in [5.74, 6) is 0.717. The van der Waals surface area contributed by atoms with Crippen molar-refractivity contribution < 1.29 is 19.4 Å². The zero-order chi connectivity index (χ0) is 21.6. The molecule has 1 fully saturated rings. The molecular weight excluding hydrogens is 378 g/mol. The highest BCUT2D eigenvalue weighted by Gasteiger charge is 2.48. The number of amides is 1. The summed E-state index contributed by atoms with van der Waals surface area (Å²) in [5.41, 5.74) is 2.59. The van der Waals surface area contributed by atoms with Crippen LogP contribution in [-0.4, -0.2) is 42.0 Å². The summed E-state index contributed by atoms with van der Waals surface area (Å²) >= 11 is 0. The summed E-state index contributed by atoms with van der Waals surface area (Å²) in [6, 6.07) is 17.1. The Morgan fingerprint density at radius 2 is 1.87 bits per heavy atom. The van der Waals surface area contributed by atoms with Gasteiger partial charge in [0.25, 0.3) is 5.91 Å². The number of benzene rings is 2. The van der Waals surface area contributed by atoms with E-state index in [1.54, 1.807) is 12.1 Å². The van der Waals surface area contributed by atoms with Crippen LogP contribution in [0, 0.1) is 0 Å². The lowest BCUT2D eigenvalue weighted by molar-refractivity contribution is 0.0954. The second kappa shape index (κ2) is 9.92. The molecule has 0 aromatic heterocycles. The van der Waals surface area contributed by atoms with Gasteiger partial charge in [-0.15, -0.1) is 0 Å². The first kappa shape index (κ1) is 22.1. The van der Waals surface area contributed by atoms with Crippen LogP contribution in [0.15, 0.2) is 66.2 Å². The average Bonchev–Trinajstić information content (AvgIpc) is 3.35. The second-order valence-corrected chi connectivity index (χ2v) is 8.24. The van der Waals surface area contributed by atoms with Crippen molar-refractivity contribution in [2.75, 3.05) is 13.2 Å². The van der Waals surface area contributed by atoms with Crippen molar-refractivity contribution in [3.8, 4) is 5.75 Å². The van der Waals surface area contributed by atoms with E-state index in [4.69, 9.17) is 9.47 Å². The average molecular weight is 410 g/mol. The summed E-state index contributed by atoms with van der Waals surface area (Å²) in [7, 11) is 0. The number of epoxide rings is 1. The molecular formula is C25H31NO4. The van der Waals surface area contributed by atoms with Crippen LogP contribution in [0.3, 0.4) is 0 Å². The third-order valence-electron chi connectivity index (χ3n) is 5.44. The van der Waals surface area contributed by atoms with Gasteiger partial charge in [-0.25, -0.2) is 0 Å². The monoisotopic (exact) mass is 409 g/mol. The number of carbonyl (C=O) groups is 1. The highest BCUT2D eigenvalue weighted by molar-refractivity contribution is 5.94. The van der Waals surface area contributed by atoms with Crippen molar-refractivity contribution in [2.45, 2.75) is 51.4 Å². The number of ether oxygens (including phenoxy) is 2. The maximum Gasteiger partial charge on any atom is 0.251 e. The Balaban J connectivity index is 1.37. The number of aliphatic hydroxyl groups is 1. The third-order valence-corrected chi connectivity index (χ3v) is 5.44. The van der Waals surface area contributed by atoms with E-state index < -0.39 is 6.10 Å². The van der Waals surface area contributed by atoms with E-state index in [0.717, 1.165) is 23.3 Å². The fourth-order valence-electron chi connectivity index (χ4n) is 3.22. The van der Waals surface area contributed by atoms with Gasteiger partial charge in [0.1, 0.15) is 12.4 Å². The number of nitrogens with one attached hydrogen (secondary N) is 1. The van der Waals surface area contributed by atoms with Crippen molar-refractivity contribution in [2.24, 2.45) is 0 Å². The predicted octanol–water partition coefficient (Wildman–Crippen LogP) is 3.91. The molecule has 0 aliphatic carbocycles. The summed E-state index contributed by atoms with van der Waals surface area (Å²) in [5, 5.41) is 13.2. The maximum atomic E-state index is 12.0. The van der Waals surface area contributed by atoms with Gasteiger partial charge >= 0.3 is 0 Å². The highest BCUT2D eigenvalue weighted by atomic mass is 16.6. The van der Waals surface area contributed by atoms with E-state index in [2.05, 4.69) is 5.32 Å². The van der Waals surface area contributed by atoms with E-state index in [0.29, 0.717) is 25.1 Å². The van der Waals surface area contributed by atoms with Crippen molar-refractivity contribution in [1.82, 2.24) is 5.32 Å². The molecule has 1 aliphatic heterocycles. The molecule has 2 unspecified atom stereocenters. The smallest absolute Gasteiger partial charge is 0.251 e. The largest absolute Gasteiger partial charge is 0.490 e. The van der Waals surface area contributed by atoms with Crippen LogP contribution in [-0.2, 0) is 11.2 Å². The highest BCUT2D eigenvalue weighted by Crippen LogP contribution is 2.39. The molecule has 160 valence electrons. The molecule has 1 heterocycles. The van der Waals surface area contributed by atoms with Gasteiger partial charge in [0, 0.05) is 18.5 Å². The molecule has 3 rings (SSSR count). The van der Waals surface area contributed by atoms with Crippen LogP contribution in [0.5, 0.6) is 5.75 Å². The Labute approximate surface area is 178 Å². The van der Waals surface area contributed by atoms with Gasteiger partial charge in [-0.2, -0.15) is 0 Å². The molecule has 5 nitrogen and oxygen atoms in total. The first-order valence-electron chi connectivity index (χ1n) is 10.4. The van der Waals surface area contributed by atoms with Gasteiger partial charge in [0.2, 0.25) is 0 Å². The van der Waals surface area contributed by atoms with E-state index in [9.17, 15) is 9.90 Å². The van der Waals surface area contributed by atoms with E-state index in [-0.39, 0.29) is 17.6 Å². The second-order valence-electron chi connectivity index (χ2n) is 8.24. The molecule has 0 spiro atoms. The van der Waals surface area contributed by atoms with Gasteiger partial charge in [-0.3, -0.25) is 4.79 Å². The molecule has 2 atom stereocenters. The molecule has 1 amide bonds. The zero-order valence-corrected chi connectivity index (χ0v) is 17.9. The maximum absolute atomic E-state index is 12.0. The summed E-state index contributed by atoms with van der Waals surface area (Å²) in [4.78, 5) is 12.0. The van der Waals surface area contributed by atoms with Crippen molar-refractivity contribution in [3.63, 3.8) is 0 Å². The van der Waals surface area contributed by atoms with Crippen LogP contribution in [0.25, 0.3) is 0 Å². The van der Waals surface area contributed by atoms with Gasteiger partial charge in [0.05, 0.1) is 17.8 Å². The van der Waals surface area contributed by atoms with E-state index in [1.807, 2.05) is 69.3 Å². The Morgan fingerprint density at radius 1 is 1.20 bits per heavy atom. The summed E-state index contributed by atoms with van der Waals surface area (Å²) < 4.78 is 11.3. The Kier molecular flexibility index (Phi) is 7.29. The van der Waals surface area contributed by atoms with Gasteiger partial charge in [-0.05, 0) is 68.7 Å². The minimum absolute atomic E-state index is 0.0586. The standard InChI is InChI=1S/C25H31NO4/c1-18(22(27)17-23-25(2,3)30-23)14-16-29-21-11-9-19(10-12-21)13-15-26-24(28)20-7-5-4-6-8-20/h4-12,14,22-23,27H,13,15-17H2,1-3H3,(H,26,28)/b18-14+. The zero-order valence-electron chi connectivity index (χ0n) is 17.9. The molecule has 5 heteroatoms. The van der Waals surface area contributed by atoms with Crippen molar-refractivity contribution in [3.05, 3.63) is 77.4 Å². The van der Waals surface area contributed by atoms with Gasteiger partial charge in [-0.1, -0.05) is 30.3 Å². The molecule has 1 aliphatic rings. The Bertz CT molecular complexity index is 858. The van der Waals surface area contributed by atoms with Gasteiger partial charge in [0.15, 0.2) is 0 Å². The fourth-order valence-corrected chi connectivity index (χ4v) is 3.22. The fraction of sp³-hybridized carbons (Fsp3) is 0.400. The lowest BCUT2D eigenvalue weighted by atomic mass is 10.0. The molecule has 1 saturated heterocycles. The lowest BCUT2D eigenvalue weighted by Crippen LogP contribution is -2.25. The third kappa shape index (κ3) is 6.44. The Hall–Kier alpha value is -2.63. The van der Waals surface area contributed by atoms with Crippen LogP contribution in [0.1, 0.15) is 43.1 Å². The van der Waals surface area contributed by atoms with Crippen LogP contribution in [0.2, 0.25) is 0 Å². The van der Waals surface area contributed by atoms with Crippen molar-refractivity contribution in [1.29, 1.82) is 0 Å². The Morgan fingerprint density at radius 3 is 2.50 bits per heavy atom. The topological polar surface area (TPSA) is 71.1 Å². The molecule has 2 N–H and O–H groups in total. The lowest BCUT2D eigenvalue weighted by Gasteiger charge is -2.11. The van der Waals surface area contributed by atoms with Crippen LogP contribution >= 0.6 is 0 Å². The van der Waals surface area contributed by atoms with E-state index in [1.165, 1.54) is 0 Å². The first-order valence-corrected chi connectivity index (χ1v) is 10.4. The molecule has 30 heavy (non-hydrogen) atoms. The van der Waals surface area contributed by atoms with Gasteiger partial charge < -0.3 is 19.9 Å². The quantitative estimate of drug-likeness (QED) is 0.461. The summed E-state index contributed by atoms with van der Waals surface area (Å²) in [6.07, 6.45) is 2.90. The summed E-state index contributed by atoms with van der Waals surface area (Å²) in [6.45, 7) is 6.97. The number of hydrogen-bond donors (Lipinski definition) is 2. The van der Waals surface area contributed by atoms with Crippen molar-refractivity contribution >= 4 is 5.91 Å². The molecule has 0 bridgehead atoms. The predicted molar refractivity (Wildman–Crippen MR) is 118 cm³/mol. The number of hydrogen-bond acceptors (Lipinski definition) is 4. The molecule has 2 aromatic rings. The van der Waals surface area contributed by atoms with Crippen LogP contribution in [0.4, 0.5) is 0 Å². The minimum atomic E-state index is -0.506. The minimum Gasteiger partial charge on any atom is -0.490 e. The SMILES string of the molecule is C/C(=C\COc1ccc(CCNC(=O)c2ccccc2)cc1)C(O)CC1OC1(C)C. The number of aliphatic hydroxyl groups excluding tert-OH is 1. The molecule has 2 aromatic carbocycles. The normalized spacial score (nSPS) is 18.5. The van der Waals surface area contributed by atoms with Crippen LogP contribution < -0.4 is 10.1 Å². The molecule has 0 saturated carbocycles. The molecule has 0 radical (unpaired) electrons. The number of carbonyl (C=O) groups excluding carboxylic acids is 1. The van der Waals surface area contributed by atoms with E-state index >= 15 is 0 Å².